The van der Waals surface area contributed by atoms with Gasteiger partial charge in [-0.15, -0.1) is 0 Å². The highest BCUT2D eigenvalue weighted by Gasteiger charge is 2.16. The van der Waals surface area contributed by atoms with Gasteiger partial charge in [-0.25, -0.2) is 0 Å². The zero-order chi connectivity index (χ0) is 13.4. The Labute approximate surface area is 128 Å². The molecule has 0 saturated heterocycles. The van der Waals surface area contributed by atoms with Gasteiger partial charge in [0, 0.05) is 10.2 Å². The Kier molecular flexibility index (Phi) is 4.19. The van der Waals surface area contributed by atoms with E-state index in [2.05, 4.69) is 50.7 Å². The third kappa shape index (κ3) is 2.38. The molecule has 0 N–H and O–H groups in total. The minimum absolute atomic E-state index is 0.327. The van der Waals surface area contributed by atoms with Crippen molar-refractivity contribution in [3.63, 3.8) is 0 Å². The fourth-order valence-corrected chi connectivity index (χ4v) is 3.48. The van der Waals surface area contributed by atoms with Gasteiger partial charge in [-0.3, -0.25) is 4.98 Å². The third-order valence-electron chi connectivity index (χ3n) is 2.71. The molecule has 0 amide bonds. The quantitative estimate of drug-likeness (QED) is 0.668. The van der Waals surface area contributed by atoms with Gasteiger partial charge in [0.25, 0.3) is 0 Å². The highest BCUT2D eigenvalue weighted by atomic mass is 79.9. The molecule has 0 radical (unpaired) electrons. The first-order valence-corrected chi connectivity index (χ1v) is 7.44. The second-order valence-corrected chi connectivity index (χ2v) is 6.40. The summed E-state index contributed by atoms with van der Waals surface area (Å²) in [6.07, 6.45) is 0. The molecule has 2 rings (SSSR count). The predicted octanol–water partition coefficient (Wildman–Crippen LogP) is 5.55. The molecule has 0 atom stereocenters. The van der Waals surface area contributed by atoms with Gasteiger partial charge in [0.15, 0.2) is 0 Å². The van der Waals surface area contributed by atoms with Gasteiger partial charge in [-0.1, -0.05) is 25.4 Å². The number of halogens is 3. The molecule has 96 valence electrons. The zero-order valence-corrected chi connectivity index (χ0v) is 14.1. The van der Waals surface area contributed by atoms with Crippen LogP contribution in [0.3, 0.4) is 0 Å². The molecular formula is C13H12Br2ClNO. The van der Waals surface area contributed by atoms with E-state index in [9.17, 15) is 0 Å². The highest BCUT2D eigenvalue weighted by Crippen LogP contribution is 2.41. The maximum absolute atomic E-state index is 6.37. The summed E-state index contributed by atoms with van der Waals surface area (Å²) < 4.78 is 7.15. The van der Waals surface area contributed by atoms with Crippen molar-refractivity contribution >= 4 is 54.4 Å². The van der Waals surface area contributed by atoms with Crippen molar-refractivity contribution in [1.82, 2.24) is 4.98 Å². The molecule has 0 aliphatic carbocycles. The molecule has 0 unspecified atom stereocenters. The van der Waals surface area contributed by atoms with Gasteiger partial charge in [0.1, 0.15) is 5.75 Å². The van der Waals surface area contributed by atoms with Crippen LogP contribution in [-0.4, -0.2) is 12.1 Å². The first-order valence-electron chi connectivity index (χ1n) is 5.47. The van der Waals surface area contributed by atoms with Crippen LogP contribution in [0.2, 0.25) is 5.02 Å². The number of pyridine rings is 1. The SMILES string of the molecule is COc1c(Br)cc(Br)c2nc(C(C)C)cc(Cl)c12. The smallest absolute Gasteiger partial charge is 0.144 e. The van der Waals surface area contributed by atoms with Crippen molar-refractivity contribution < 1.29 is 4.74 Å². The molecule has 0 aliphatic rings. The van der Waals surface area contributed by atoms with Crippen molar-refractivity contribution in [2.75, 3.05) is 7.11 Å². The summed E-state index contributed by atoms with van der Waals surface area (Å²) in [6.45, 7) is 4.18. The van der Waals surface area contributed by atoms with Crippen LogP contribution in [0.5, 0.6) is 5.75 Å². The monoisotopic (exact) mass is 391 g/mol. The maximum Gasteiger partial charge on any atom is 0.144 e. The Morgan fingerprint density at radius 2 is 1.89 bits per heavy atom. The fourth-order valence-electron chi connectivity index (χ4n) is 1.78. The van der Waals surface area contributed by atoms with E-state index < -0.39 is 0 Å². The Hall–Kier alpha value is -0.320. The molecule has 5 heteroatoms. The van der Waals surface area contributed by atoms with E-state index in [1.54, 1.807) is 7.11 Å². The van der Waals surface area contributed by atoms with Crippen LogP contribution in [0, 0.1) is 0 Å². The lowest BCUT2D eigenvalue weighted by Crippen LogP contribution is -1.96. The van der Waals surface area contributed by atoms with Crippen LogP contribution < -0.4 is 4.74 Å². The second kappa shape index (κ2) is 5.35. The number of methoxy groups -OCH3 is 1. The Bertz CT molecular complexity index is 614. The van der Waals surface area contributed by atoms with Crippen LogP contribution >= 0.6 is 43.5 Å². The molecule has 0 saturated carbocycles. The standard InChI is InChI=1S/C13H12Br2ClNO/c1-6(2)10-5-9(16)11-12(17-10)7(14)4-8(15)13(11)18-3/h4-6H,1-3H3. The number of aromatic nitrogens is 1. The van der Waals surface area contributed by atoms with Crippen molar-refractivity contribution in [2.24, 2.45) is 0 Å². The normalized spacial score (nSPS) is 11.3. The molecular weight excluding hydrogens is 381 g/mol. The fraction of sp³-hybridized carbons (Fsp3) is 0.308. The van der Waals surface area contributed by atoms with Crippen LogP contribution in [0.15, 0.2) is 21.1 Å². The molecule has 0 spiro atoms. The van der Waals surface area contributed by atoms with E-state index in [0.29, 0.717) is 16.7 Å². The van der Waals surface area contributed by atoms with E-state index >= 15 is 0 Å². The summed E-state index contributed by atoms with van der Waals surface area (Å²) in [5.41, 5.74) is 1.80. The first-order chi connectivity index (χ1) is 8.45. The summed E-state index contributed by atoms with van der Waals surface area (Å²) in [6, 6.07) is 3.82. The minimum Gasteiger partial charge on any atom is -0.495 e. The average Bonchev–Trinajstić information content (AvgIpc) is 2.30. The van der Waals surface area contributed by atoms with E-state index in [1.165, 1.54) is 0 Å². The molecule has 1 aromatic heterocycles. The molecule has 2 nitrogen and oxygen atoms in total. The van der Waals surface area contributed by atoms with Crippen LogP contribution in [-0.2, 0) is 0 Å². The number of benzene rings is 1. The van der Waals surface area contributed by atoms with Crippen LogP contribution in [0.25, 0.3) is 10.9 Å². The Morgan fingerprint density at radius 3 is 2.44 bits per heavy atom. The number of nitrogens with zero attached hydrogens (tertiary/aromatic N) is 1. The zero-order valence-electron chi connectivity index (χ0n) is 10.2. The maximum atomic E-state index is 6.37. The van der Waals surface area contributed by atoms with Crippen molar-refractivity contribution in [1.29, 1.82) is 0 Å². The van der Waals surface area contributed by atoms with Gasteiger partial charge in [0.05, 0.1) is 27.5 Å². The lowest BCUT2D eigenvalue weighted by Gasteiger charge is -2.13. The van der Waals surface area contributed by atoms with Gasteiger partial charge in [-0.2, -0.15) is 0 Å². The summed E-state index contributed by atoms with van der Waals surface area (Å²) in [5.74, 6) is 1.04. The minimum atomic E-state index is 0.327. The summed E-state index contributed by atoms with van der Waals surface area (Å²) >= 11 is 13.4. The number of hydrogen-bond acceptors (Lipinski definition) is 2. The molecule has 18 heavy (non-hydrogen) atoms. The molecule has 0 bridgehead atoms. The number of hydrogen-bond donors (Lipinski definition) is 0. The van der Waals surface area contributed by atoms with Gasteiger partial charge in [0.2, 0.25) is 0 Å². The van der Waals surface area contributed by atoms with E-state index in [0.717, 1.165) is 25.5 Å². The molecule has 0 aliphatic heterocycles. The summed E-state index contributed by atoms with van der Waals surface area (Å²) in [4.78, 5) is 4.65. The lowest BCUT2D eigenvalue weighted by atomic mass is 10.1. The van der Waals surface area contributed by atoms with E-state index in [-0.39, 0.29) is 0 Å². The Balaban J connectivity index is 2.90. The number of ether oxygens (including phenoxy) is 1. The van der Waals surface area contributed by atoms with Crippen molar-refractivity contribution in [3.05, 3.63) is 31.8 Å². The lowest BCUT2D eigenvalue weighted by molar-refractivity contribution is 0.417. The largest absolute Gasteiger partial charge is 0.495 e. The predicted molar refractivity (Wildman–Crippen MR) is 82.8 cm³/mol. The van der Waals surface area contributed by atoms with E-state index in [1.807, 2.05) is 12.1 Å². The highest BCUT2D eigenvalue weighted by molar-refractivity contribution is 9.11. The first kappa shape index (κ1) is 14.1. The Morgan fingerprint density at radius 1 is 1.22 bits per heavy atom. The van der Waals surface area contributed by atoms with E-state index in [4.69, 9.17) is 16.3 Å². The molecule has 1 aromatic carbocycles. The average molecular weight is 394 g/mol. The number of rotatable bonds is 2. The number of fused-ring (bicyclic) bond motifs is 1. The van der Waals surface area contributed by atoms with Crippen LogP contribution in [0.1, 0.15) is 25.5 Å². The van der Waals surface area contributed by atoms with Gasteiger partial charge >= 0.3 is 0 Å². The van der Waals surface area contributed by atoms with Crippen LogP contribution in [0.4, 0.5) is 0 Å². The van der Waals surface area contributed by atoms with Crippen molar-refractivity contribution in [2.45, 2.75) is 19.8 Å². The summed E-state index contributed by atoms with van der Waals surface area (Å²) in [5, 5.41) is 1.48. The third-order valence-corrected chi connectivity index (χ3v) is 4.20. The second-order valence-electron chi connectivity index (χ2n) is 4.28. The molecule has 1 heterocycles. The molecule has 2 aromatic rings. The topological polar surface area (TPSA) is 22.1 Å². The van der Waals surface area contributed by atoms with Gasteiger partial charge < -0.3 is 4.74 Å². The van der Waals surface area contributed by atoms with Crippen molar-refractivity contribution in [3.8, 4) is 5.75 Å². The van der Waals surface area contributed by atoms with Gasteiger partial charge in [-0.05, 0) is 49.9 Å². The molecule has 0 fully saturated rings. The summed E-state index contributed by atoms with van der Waals surface area (Å²) in [7, 11) is 1.63.